The smallest absolute Gasteiger partial charge is 0.335 e. The molecule has 1 atom stereocenters. The Labute approximate surface area is 136 Å². The summed E-state index contributed by atoms with van der Waals surface area (Å²) in [5.41, 5.74) is 1.67. The lowest BCUT2D eigenvalue weighted by Crippen LogP contribution is -2.13. The monoisotopic (exact) mass is 333 g/mol. The van der Waals surface area contributed by atoms with Crippen LogP contribution in [-0.4, -0.2) is 19.5 Å². The molecule has 0 spiro atoms. The minimum absolute atomic E-state index is 0.0218. The van der Waals surface area contributed by atoms with Crippen LogP contribution in [0.5, 0.6) is 0 Å². The molecule has 0 amide bonds. The van der Waals surface area contributed by atoms with Gasteiger partial charge in [-0.1, -0.05) is 26.0 Å². The Balaban J connectivity index is 2.19. The van der Waals surface area contributed by atoms with Crippen molar-refractivity contribution < 1.29 is 18.3 Å². The summed E-state index contributed by atoms with van der Waals surface area (Å²) in [4.78, 5) is 10.8. The molecule has 0 aliphatic rings. The van der Waals surface area contributed by atoms with Gasteiger partial charge in [-0.05, 0) is 54.3 Å². The summed E-state index contributed by atoms with van der Waals surface area (Å²) in [5.74, 6) is -0.674. The Morgan fingerprint density at radius 3 is 2.13 bits per heavy atom. The summed E-state index contributed by atoms with van der Waals surface area (Å²) in [6, 6.07) is 12.3. The molecule has 0 bridgehead atoms. The van der Waals surface area contributed by atoms with Gasteiger partial charge in [-0.3, -0.25) is 4.72 Å². The predicted octanol–water partition coefficient (Wildman–Crippen LogP) is 3.70. The van der Waals surface area contributed by atoms with Crippen LogP contribution in [0.3, 0.4) is 0 Å². The molecule has 0 aliphatic heterocycles. The Morgan fingerprint density at radius 1 is 1.09 bits per heavy atom. The quantitative estimate of drug-likeness (QED) is 0.844. The molecule has 0 saturated carbocycles. The molecule has 0 unspecified atom stereocenters. The average Bonchev–Trinajstić information content (AvgIpc) is 2.54. The molecule has 0 saturated heterocycles. The van der Waals surface area contributed by atoms with Gasteiger partial charge in [0.1, 0.15) is 0 Å². The minimum Gasteiger partial charge on any atom is -0.478 e. The molecule has 0 aliphatic carbocycles. The van der Waals surface area contributed by atoms with Crippen molar-refractivity contribution in [2.24, 2.45) is 0 Å². The highest BCUT2D eigenvalue weighted by atomic mass is 32.2. The van der Waals surface area contributed by atoms with Crippen LogP contribution >= 0.6 is 0 Å². The third kappa shape index (κ3) is 4.10. The molecule has 2 aromatic rings. The molecule has 122 valence electrons. The lowest BCUT2D eigenvalue weighted by molar-refractivity contribution is 0.0696. The maximum atomic E-state index is 12.3. The first-order valence-corrected chi connectivity index (χ1v) is 8.78. The number of anilines is 1. The minimum atomic E-state index is -3.74. The standard InChI is InChI=1S/C17H19NO4S/c1-3-12(2)13-4-8-15(9-5-13)18-23(21,22)16-10-6-14(7-11-16)17(19)20/h4-12,18H,3H2,1-2H3,(H,19,20)/t12-/m0/s1. The molecule has 23 heavy (non-hydrogen) atoms. The van der Waals surface area contributed by atoms with E-state index < -0.39 is 16.0 Å². The summed E-state index contributed by atoms with van der Waals surface area (Å²) >= 11 is 0. The maximum absolute atomic E-state index is 12.3. The van der Waals surface area contributed by atoms with Crippen molar-refractivity contribution in [3.63, 3.8) is 0 Å². The van der Waals surface area contributed by atoms with Gasteiger partial charge in [-0.15, -0.1) is 0 Å². The zero-order valence-electron chi connectivity index (χ0n) is 13.0. The van der Waals surface area contributed by atoms with E-state index in [1.165, 1.54) is 24.3 Å². The molecular weight excluding hydrogens is 314 g/mol. The number of carboxylic acid groups (broad SMARTS) is 1. The highest BCUT2D eigenvalue weighted by molar-refractivity contribution is 7.92. The Hall–Kier alpha value is -2.34. The van der Waals surface area contributed by atoms with Crippen molar-refractivity contribution in [3.05, 3.63) is 59.7 Å². The molecule has 0 heterocycles. The van der Waals surface area contributed by atoms with Crippen molar-refractivity contribution >= 4 is 21.7 Å². The van der Waals surface area contributed by atoms with E-state index >= 15 is 0 Å². The SMILES string of the molecule is CC[C@H](C)c1ccc(NS(=O)(=O)c2ccc(C(=O)O)cc2)cc1. The van der Waals surface area contributed by atoms with Gasteiger partial charge in [-0.25, -0.2) is 13.2 Å². The van der Waals surface area contributed by atoms with E-state index in [1.807, 2.05) is 12.1 Å². The van der Waals surface area contributed by atoms with Crippen LogP contribution in [0, 0.1) is 0 Å². The van der Waals surface area contributed by atoms with Gasteiger partial charge in [0.15, 0.2) is 0 Å². The summed E-state index contributed by atoms with van der Waals surface area (Å²) in [6.45, 7) is 4.21. The predicted molar refractivity (Wildman–Crippen MR) is 89.4 cm³/mol. The van der Waals surface area contributed by atoms with Crippen molar-refractivity contribution in [1.29, 1.82) is 0 Å². The number of hydrogen-bond donors (Lipinski definition) is 2. The van der Waals surface area contributed by atoms with Crippen LogP contribution in [0.15, 0.2) is 53.4 Å². The largest absolute Gasteiger partial charge is 0.478 e. The van der Waals surface area contributed by atoms with Gasteiger partial charge in [-0.2, -0.15) is 0 Å². The molecule has 0 fully saturated rings. The van der Waals surface area contributed by atoms with Crippen LogP contribution in [0.1, 0.15) is 42.1 Å². The molecular formula is C17H19NO4S. The fourth-order valence-electron chi connectivity index (χ4n) is 2.11. The topological polar surface area (TPSA) is 83.5 Å². The number of sulfonamides is 1. The third-order valence-electron chi connectivity index (χ3n) is 3.76. The molecule has 2 aromatic carbocycles. The Kier molecular flexibility index (Phi) is 5.05. The van der Waals surface area contributed by atoms with Gasteiger partial charge in [0.2, 0.25) is 0 Å². The van der Waals surface area contributed by atoms with Crippen LogP contribution in [0.25, 0.3) is 0 Å². The van der Waals surface area contributed by atoms with Crippen molar-refractivity contribution in [2.75, 3.05) is 4.72 Å². The maximum Gasteiger partial charge on any atom is 0.335 e. The van der Waals surface area contributed by atoms with E-state index in [4.69, 9.17) is 5.11 Å². The van der Waals surface area contributed by atoms with Crippen LogP contribution in [0.4, 0.5) is 5.69 Å². The number of aromatic carboxylic acids is 1. The van der Waals surface area contributed by atoms with E-state index in [-0.39, 0.29) is 10.5 Å². The Morgan fingerprint density at radius 2 is 1.65 bits per heavy atom. The fraction of sp³-hybridized carbons (Fsp3) is 0.235. The summed E-state index contributed by atoms with van der Waals surface area (Å²) < 4.78 is 27.1. The summed E-state index contributed by atoms with van der Waals surface area (Å²) in [5, 5.41) is 8.84. The second-order valence-electron chi connectivity index (χ2n) is 5.37. The van der Waals surface area contributed by atoms with Crippen LogP contribution in [0.2, 0.25) is 0 Å². The second-order valence-corrected chi connectivity index (χ2v) is 7.05. The normalized spacial score (nSPS) is 12.6. The van der Waals surface area contributed by atoms with Crippen molar-refractivity contribution in [3.8, 4) is 0 Å². The first kappa shape index (κ1) is 17.0. The first-order valence-electron chi connectivity index (χ1n) is 7.29. The van der Waals surface area contributed by atoms with Gasteiger partial charge in [0, 0.05) is 5.69 Å². The van der Waals surface area contributed by atoms with Gasteiger partial charge in [0.25, 0.3) is 10.0 Å². The highest BCUT2D eigenvalue weighted by Gasteiger charge is 2.15. The molecule has 5 nitrogen and oxygen atoms in total. The molecule has 2 rings (SSSR count). The molecule has 2 N–H and O–H groups in total. The number of hydrogen-bond acceptors (Lipinski definition) is 3. The number of carbonyl (C=O) groups is 1. The van der Waals surface area contributed by atoms with Crippen molar-refractivity contribution in [2.45, 2.75) is 31.1 Å². The number of benzene rings is 2. The van der Waals surface area contributed by atoms with E-state index in [0.717, 1.165) is 12.0 Å². The lowest BCUT2D eigenvalue weighted by atomic mass is 9.99. The van der Waals surface area contributed by atoms with E-state index in [9.17, 15) is 13.2 Å². The lowest BCUT2D eigenvalue weighted by Gasteiger charge is -2.11. The molecule has 6 heteroatoms. The average molecular weight is 333 g/mol. The van der Waals surface area contributed by atoms with Gasteiger partial charge in [0.05, 0.1) is 10.5 Å². The number of rotatable bonds is 6. The fourth-order valence-corrected chi connectivity index (χ4v) is 3.16. The zero-order chi connectivity index (χ0) is 17.0. The Bertz CT molecular complexity index is 780. The zero-order valence-corrected chi connectivity index (χ0v) is 13.8. The van der Waals surface area contributed by atoms with Crippen LogP contribution < -0.4 is 4.72 Å². The summed E-state index contributed by atoms with van der Waals surface area (Å²) in [7, 11) is -3.74. The van der Waals surface area contributed by atoms with E-state index in [2.05, 4.69) is 18.6 Å². The van der Waals surface area contributed by atoms with Crippen molar-refractivity contribution in [1.82, 2.24) is 0 Å². The van der Waals surface area contributed by atoms with E-state index in [0.29, 0.717) is 11.6 Å². The van der Waals surface area contributed by atoms with Crippen LogP contribution in [-0.2, 0) is 10.0 Å². The summed E-state index contributed by atoms with van der Waals surface area (Å²) in [6.07, 6.45) is 1.01. The highest BCUT2D eigenvalue weighted by Crippen LogP contribution is 2.22. The van der Waals surface area contributed by atoms with Gasteiger partial charge < -0.3 is 5.11 Å². The molecule has 0 aromatic heterocycles. The third-order valence-corrected chi connectivity index (χ3v) is 5.15. The number of nitrogens with one attached hydrogen (secondary N) is 1. The number of carboxylic acids is 1. The molecule has 0 radical (unpaired) electrons. The first-order chi connectivity index (χ1) is 10.8. The van der Waals surface area contributed by atoms with Gasteiger partial charge >= 0.3 is 5.97 Å². The second kappa shape index (κ2) is 6.83. The van der Waals surface area contributed by atoms with E-state index in [1.54, 1.807) is 12.1 Å².